The van der Waals surface area contributed by atoms with E-state index in [1.807, 2.05) is 19.9 Å². The van der Waals surface area contributed by atoms with Gasteiger partial charge in [0.1, 0.15) is 5.82 Å². The molecule has 0 atom stereocenters. The first-order valence-electron chi connectivity index (χ1n) is 8.29. The van der Waals surface area contributed by atoms with Crippen LogP contribution in [-0.2, 0) is 4.79 Å². The van der Waals surface area contributed by atoms with E-state index in [0.29, 0.717) is 35.4 Å². The van der Waals surface area contributed by atoms with Gasteiger partial charge >= 0.3 is 0 Å². The number of benzene rings is 1. The minimum atomic E-state index is -0.0437. The van der Waals surface area contributed by atoms with Crippen LogP contribution in [0.15, 0.2) is 30.5 Å². The molecule has 7 nitrogen and oxygen atoms in total. The van der Waals surface area contributed by atoms with Gasteiger partial charge in [-0.1, -0.05) is 13.8 Å². The first-order chi connectivity index (χ1) is 12.5. The van der Waals surface area contributed by atoms with Crippen molar-refractivity contribution in [2.24, 2.45) is 5.92 Å². The van der Waals surface area contributed by atoms with Gasteiger partial charge in [-0.25, -0.2) is 4.98 Å². The van der Waals surface area contributed by atoms with Gasteiger partial charge < -0.3 is 24.8 Å². The summed E-state index contributed by atoms with van der Waals surface area (Å²) in [7, 11) is 4.69. The largest absolute Gasteiger partial charge is 0.493 e. The summed E-state index contributed by atoms with van der Waals surface area (Å²) in [5, 5.41) is 6.01. The Hall–Kier alpha value is -2.96. The third kappa shape index (κ3) is 5.02. The summed E-state index contributed by atoms with van der Waals surface area (Å²) in [5.41, 5.74) is 1.53. The summed E-state index contributed by atoms with van der Waals surface area (Å²) >= 11 is 0. The molecule has 2 rings (SSSR count). The second-order valence-electron chi connectivity index (χ2n) is 6.12. The second-order valence-corrected chi connectivity index (χ2v) is 6.12. The van der Waals surface area contributed by atoms with Crippen LogP contribution in [0.5, 0.6) is 17.2 Å². The highest BCUT2D eigenvalue weighted by Gasteiger charge is 2.13. The first kappa shape index (κ1) is 19.4. The number of carbonyl (C=O) groups is 1. The number of aromatic nitrogens is 1. The smallest absolute Gasteiger partial charge is 0.225 e. The molecule has 0 aliphatic rings. The topological polar surface area (TPSA) is 81.7 Å². The fourth-order valence-corrected chi connectivity index (χ4v) is 2.43. The fourth-order valence-electron chi connectivity index (χ4n) is 2.43. The molecule has 7 heteroatoms. The number of rotatable bonds is 8. The number of carbonyl (C=O) groups excluding carboxylic acids is 1. The molecule has 1 amide bonds. The lowest BCUT2D eigenvalue weighted by Crippen LogP contribution is -2.14. The average Bonchev–Trinajstić information content (AvgIpc) is 2.61. The molecule has 1 aromatic carbocycles. The SMILES string of the molecule is COc1cc(Nc2ccc(NC(=O)CC(C)C)nc2)cc(OC)c1OC. The fraction of sp³-hybridized carbons (Fsp3) is 0.368. The highest BCUT2D eigenvalue weighted by atomic mass is 16.5. The molecule has 0 unspecified atom stereocenters. The molecule has 0 aliphatic carbocycles. The number of nitrogens with one attached hydrogen (secondary N) is 2. The molecule has 0 saturated carbocycles. The van der Waals surface area contributed by atoms with E-state index >= 15 is 0 Å². The van der Waals surface area contributed by atoms with Crippen LogP contribution in [-0.4, -0.2) is 32.2 Å². The molecule has 0 aliphatic heterocycles. The van der Waals surface area contributed by atoms with Crippen molar-refractivity contribution in [3.8, 4) is 17.2 Å². The molecule has 26 heavy (non-hydrogen) atoms. The third-order valence-electron chi connectivity index (χ3n) is 3.58. The lowest BCUT2D eigenvalue weighted by atomic mass is 10.1. The predicted octanol–water partition coefficient (Wildman–Crippen LogP) is 3.84. The Bertz CT molecular complexity index is 720. The van der Waals surface area contributed by atoms with Crippen molar-refractivity contribution in [2.45, 2.75) is 20.3 Å². The van der Waals surface area contributed by atoms with E-state index < -0.39 is 0 Å². The Balaban J connectivity index is 2.12. The molecule has 0 bridgehead atoms. The van der Waals surface area contributed by atoms with E-state index in [1.165, 1.54) is 0 Å². The zero-order valence-electron chi connectivity index (χ0n) is 15.8. The van der Waals surface area contributed by atoms with Gasteiger partial charge in [-0.3, -0.25) is 4.79 Å². The molecule has 2 N–H and O–H groups in total. The standard InChI is InChI=1S/C19H25N3O4/c1-12(2)8-18(23)22-17-7-6-13(11-20-17)21-14-9-15(24-3)19(26-5)16(10-14)25-4/h6-7,9-12,21H,8H2,1-5H3,(H,20,22,23). The maximum atomic E-state index is 11.8. The van der Waals surface area contributed by atoms with Crippen molar-refractivity contribution >= 4 is 23.1 Å². The van der Waals surface area contributed by atoms with Gasteiger partial charge in [0.15, 0.2) is 11.5 Å². The van der Waals surface area contributed by atoms with Crippen molar-refractivity contribution in [3.63, 3.8) is 0 Å². The summed E-state index contributed by atoms with van der Waals surface area (Å²) in [5.74, 6) is 2.42. The van der Waals surface area contributed by atoms with Gasteiger partial charge in [-0.05, 0) is 18.1 Å². The number of anilines is 3. The highest BCUT2D eigenvalue weighted by Crippen LogP contribution is 2.40. The Kier molecular flexibility index (Phi) is 6.66. The molecular weight excluding hydrogens is 334 g/mol. The van der Waals surface area contributed by atoms with Crippen molar-refractivity contribution in [1.29, 1.82) is 0 Å². The molecule has 0 fully saturated rings. The van der Waals surface area contributed by atoms with E-state index in [4.69, 9.17) is 14.2 Å². The lowest BCUT2D eigenvalue weighted by molar-refractivity contribution is -0.116. The number of methoxy groups -OCH3 is 3. The Morgan fingerprint density at radius 3 is 2.15 bits per heavy atom. The summed E-state index contributed by atoms with van der Waals surface area (Å²) in [4.78, 5) is 16.1. The van der Waals surface area contributed by atoms with Crippen LogP contribution in [0.4, 0.5) is 17.2 Å². The van der Waals surface area contributed by atoms with Gasteiger partial charge in [0.05, 0.1) is 33.2 Å². The summed E-state index contributed by atoms with van der Waals surface area (Å²) in [6, 6.07) is 7.19. The molecule has 0 saturated heterocycles. The van der Waals surface area contributed by atoms with E-state index in [9.17, 15) is 4.79 Å². The van der Waals surface area contributed by atoms with Crippen molar-refractivity contribution in [1.82, 2.24) is 4.98 Å². The van der Waals surface area contributed by atoms with Gasteiger partial charge in [-0.15, -0.1) is 0 Å². The lowest BCUT2D eigenvalue weighted by Gasteiger charge is -2.15. The van der Waals surface area contributed by atoms with E-state index in [-0.39, 0.29) is 5.91 Å². The third-order valence-corrected chi connectivity index (χ3v) is 3.58. The maximum Gasteiger partial charge on any atom is 0.225 e. The van der Waals surface area contributed by atoms with Crippen molar-refractivity contribution in [3.05, 3.63) is 30.5 Å². The van der Waals surface area contributed by atoms with Crippen LogP contribution in [0.2, 0.25) is 0 Å². The van der Waals surface area contributed by atoms with E-state index in [2.05, 4.69) is 15.6 Å². The number of hydrogen-bond donors (Lipinski definition) is 2. The Morgan fingerprint density at radius 2 is 1.69 bits per heavy atom. The number of hydrogen-bond acceptors (Lipinski definition) is 6. The quantitative estimate of drug-likeness (QED) is 0.745. The Morgan fingerprint density at radius 1 is 1.04 bits per heavy atom. The minimum absolute atomic E-state index is 0.0437. The number of ether oxygens (including phenoxy) is 3. The average molecular weight is 359 g/mol. The number of amides is 1. The van der Waals surface area contributed by atoms with Gasteiger partial charge in [0.25, 0.3) is 0 Å². The molecule has 2 aromatic rings. The summed E-state index contributed by atoms with van der Waals surface area (Å²) in [6.45, 7) is 3.99. The van der Waals surface area contributed by atoms with Gasteiger partial charge in [0, 0.05) is 24.2 Å². The van der Waals surface area contributed by atoms with Crippen LogP contribution in [0.1, 0.15) is 20.3 Å². The zero-order chi connectivity index (χ0) is 19.1. The molecule has 1 heterocycles. The predicted molar refractivity (Wildman–Crippen MR) is 102 cm³/mol. The van der Waals surface area contributed by atoms with Crippen molar-refractivity contribution < 1.29 is 19.0 Å². The van der Waals surface area contributed by atoms with Crippen LogP contribution in [0.25, 0.3) is 0 Å². The normalized spacial score (nSPS) is 10.4. The van der Waals surface area contributed by atoms with E-state index in [0.717, 1.165) is 11.4 Å². The highest BCUT2D eigenvalue weighted by molar-refractivity contribution is 5.90. The van der Waals surface area contributed by atoms with Gasteiger partial charge in [-0.2, -0.15) is 0 Å². The molecule has 0 spiro atoms. The van der Waals surface area contributed by atoms with Crippen LogP contribution in [0, 0.1) is 5.92 Å². The van der Waals surface area contributed by atoms with Crippen LogP contribution in [0.3, 0.4) is 0 Å². The monoisotopic (exact) mass is 359 g/mol. The second kappa shape index (κ2) is 8.94. The number of nitrogens with zero attached hydrogens (tertiary/aromatic N) is 1. The molecule has 1 aromatic heterocycles. The summed E-state index contributed by atoms with van der Waals surface area (Å²) < 4.78 is 16.0. The maximum absolute atomic E-state index is 11.8. The van der Waals surface area contributed by atoms with Crippen LogP contribution < -0.4 is 24.8 Å². The molecule has 140 valence electrons. The molecule has 0 radical (unpaired) electrons. The first-order valence-corrected chi connectivity index (χ1v) is 8.29. The zero-order valence-corrected chi connectivity index (χ0v) is 15.8. The minimum Gasteiger partial charge on any atom is -0.493 e. The number of pyridine rings is 1. The Labute approximate surface area is 153 Å². The summed E-state index contributed by atoms with van der Waals surface area (Å²) in [6.07, 6.45) is 2.11. The van der Waals surface area contributed by atoms with Crippen molar-refractivity contribution in [2.75, 3.05) is 32.0 Å². The molecular formula is C19H25N3O4. The van der Waals surface area contributed by atoms with Crippen LogP contribution >= 0.6 is 0 Å². The van der Waals surface area contributed by atoms with E-state index in [1.54, 1.807) is 45.7 Å². The van der Waals surface area contributed by atoms with Gasteiger partial charge in [0.2, 0.25) is 11.7 Å².